The van der Waals surface area contributed by atoms with Crippen molar-refractivity contribution in [2.24, 2.45) is 0 Å². The second-order valence-corrected chi connectivity index (χ2v) is 8.52. The monoisotopic (exact) mass is 486 g/mol. The zero-order chi connectivity index (χ0) is 25.5. The summed E-state index contributed by atoms with van der Waals surface area (Å²) in [6, 6.07) is 21.8. The number of hydrogen-bond acceptors (Lipinski definition) is 6. The van der Waals surface area contributed by atoms with Crippen molar-refractivity contribution in [3.8, 4) is 11.5 Å². The van der Waals surface area contributed by atoms with Crippen molar-refractivity contribution in [3.05, 3.63) is 124 Å². The molecule has 6 nitrogen and oxygen atoms in total. The van der Waals surface area contributed by atoms with Gasteiger partial charge in [-0.3, -0.25) is 4.79 Å². The first-order valence-electron chi connectivity index (χ1n) is 11.5. The first kappa shape index (κ1) is 22.2. The van der Waals surface area contributed by atoms with Crippen molar-refractivity contribution in [2.75, 3.05) is 0 Å². The van der Waals surface area contributed by atoms with Crippen LogP contribution in [0.1, 0.15) is 15.9 Å². The number of carbonyl (C=O) groups excluding carboxylic acids is 2. The molecule has 6 rings (SSSR count). The Morgan fingerprint density at radius 3 is 2.22 bits per heavy atom. The van der Waals surface area contributed by atoms with Crippen molar-refractivity contribution in [1.29, 1.82) is 0 Å². The van der Waals surface area contributed by atoms with Gasteiger partial charge in [-0.1, -0.05) is 78.9 Å². The number of ether oxygens (including phenoxy) is 1. The topological polar surface area (TPSA) is 93.8 Å². The van der Waals surface area contributed by atoms with Crippen LogP contribution in [-0.4, -0.2) is 16.9 Å². The van der Waals surface area contributed by atoms with E-state index in [1.165, 1.54) is 30.4 Å². The Kier molecular flexibility index (Phi) is 5.27. The maximum Gasteiger partial charge on any atom is 0.347 e. The van der Waals surface area contributed by atoms with Gasteiger partial charge in [-0.15, -0.1) is 0 Å². The fourth-order valence-electron chi connectivity index (χ4n) is 4.50. The molecule has 2 heterocycles. The van der Waals surface area contributed by atoms with Crippen LogP contribution in [0.2, 0.25) is 0 Å². The molecule has 1 aliphatic rings. The van der Waals surface area contributed by atoms with E-state index in [2.05, 4.69) is 0 Å². The Bertz CT molecular complexity index is 1920. The first-order chi connectivity index (χ1) is 18.0. The fourth-order valence-corrected chi connectivity index (χ4v) is 4.50. The third-order valence-corrected chi connectivity index (χ3v) is 6.34. The lowest BCUT2D eigenvalue weighted by Gasteiger charge is -2.18. The minimum Gasteiger partial charge on any atom is -0.506 e. The number of benzene rings is 4. The number of hydrogen-bond donors (Lipinski definition) is 1. The SMILES string of the molecule is O=C1Oc2c(ccc3ccccc23)C(=O)/C1=C/C=CC=Cc1c(O)c2ccc3ccccc3c2oc1=O. The summed E-state index contributed by atoms with van der Waals surface area (Å²) < 4.78 is 11.0. The van der Waals surface area contributed by atoms with Crippen molar-refractivity contribution in [3.63, 3.8) is 0 Å². The molecule has 0 radical (unpaired) electrons. The molecule has 5 aromatic rings. The van der Waals surface area contributed by atoms with E-state index in [-0.39, 0.29) is 22.6 Å². The summed E-state index contributed by atoms with van der Waals surface area (Å²) in [5.41, 5.74) is -0.152. The molecule has 0 bridgehead atoms. The van der Waals surface area contributed by atoms with Crippen molar-refractivity contribution in [1.82, 2.24) is 0 Å². The number of carbonyl (C=O) groups is 2. The molecule has 0 unspecified atom stereocenters. The average Bonchev–Trinajstić information content (AvgIpc) is 2.91. The molecule has 1 aromatic heterocycles. The second-order valence-electron chi connectivity index (χ2n) is 8.52. The van der Waals surface area contributed by atoms with Crippen LogP contribution in [0.3, 0.4) is 0 Å². The van der Waals surface area contributed by atoms with Crippen LogP contribution in [-0.2, 0) is 4.79 Å². The highest BCUT2D eigenvalue weighted by atomic mass is 16.5. The number of allylic oxidation sites excluding steroid dienone is 4. The summed E-state index contributed by atoms with van der Waals surface area (Å²) in [5, 5.41) is 14.3. The highest BCUT2D eigenvalue weighted by Gasteiger charge is 2.31. The van der Waals surface area contributed by atoms with E-state index in [0.29, 0.717) is 21.9 Å². The third kappa shape index (κ3) is 3.72. The summed E-state index contributed by atoms with van der Waals surface area (Å²) in [6.45, 7) is 0. The van der Waals surface area contributed by atoms with Gasteiger partial charge in [0.05, 0.1) is 10.9 Å². The molecule has 0 saturated carbocycles. The number of esters is 1. The van der Waals surface area contributed by atoms with E-state index < -0.39 is 17.4 Å². The first-order valence-corrected chi connectivity index (χ1v) is 11.5. The minimum absolute atomic E-state index is 0.00552. The maximum absolute atomic E-state index is 13.0. The van der Waals surface area contributed by atoms with Crippen LogP contribution >= 0.6 is 0 Å². The number of rotatable bonds is 3. The average molecular weight is 486 g/mol. The normalized spacial score (nSPS) is 14.9. The molecule has 0 fully saturated rings. The molecular weight excluding hydrogens is 468 g/mol. The maximum atomic E-state index is 13.0. The summed E-state index contributed by atoms with van der Waals surface area (Å²) in [6.07, 6.45) is 7.31. The number of fused-ring (bicyclic) bond motifs is 6. The van der Waals surface area contributed by atoms with Crippen molar-refractivity contribution in [2.45, 2.75) is 0 Å². The van der Waals surface area contributed by atoms with E-state index in [1.807, 2.05) is 54.6 Å². The van der Waals surface area contributed by atoms with Crippen molar-refractivity contribution < 1.29 is 23.8 Å². The van der Waals surface area contributed by atoms with E-state index in [9.17, 15) is 19.5 Å². The summed E-state index contributed by atoms with van der Waals surface area (Å²) in [5.74, 6) is -1.08. The van der Waals surface area contributed by atoms with Gasteiger partial charge in [0, 0.05) is 10.8 Å². The molecule has 0 saturated heterocycles. The number of Topliss-reactive ketones (excluding diaryl/α,β-unsaturated/α-hetero) is 1. The van der Waals surface area contributed by atoms with Gasteiger partial charge in [0.15, 0.2) is 0 Å². The van der Waals surface area contributed by atoms with E-state index in [4.69, 9.17) is 9.15 Å². The highest BCUT2D eigenvalue weighted by molar-refractivity contribution is 6.29. The van der Waals surface area contributed by atoms with Crippen LogP contribution in [0.25, 0.3) is 38.6 Å². The lowest BCUT2D eigenvalue weighted by atomic mass is 9.96. The zero-order valence-corrected chi connectivity index (χ0v) is 19.3. The van der Waals surface area contributed by atoms with Gasteiger partial charge < -0.3 is 14.3 Å². The third-order valence-electron chi connectivity index (χ3n) is 6.34. The Hall–Kier alpha value is -5.23. The van der Waals surface area contributed by atoms with E-state index >= 15 is 0 Å². The predicted octanol–water partition coefficient (Wildman–Crippen LogP) is 6.10. The molecule has 1 aliphatic heterocycles. The Labute approximate surface area is 210 Å². The van der Waals surface area contributed by atoms with E-state index in [0.717, 1.165) is 16.2 Å². The van der Waals surface area contributed by atoms with E-state index in [1.54, 1.807) is 18.2 Å². The van der Waals surface area contributed by atoms with Gasteiger partial charge in [-0.25, -0.2) is 9.59 Å². The van der Waals surface area contributed by atoms with Crippen LogP contribution in [0.5, 0.6) is 11.5 Å². The Morgan fingerprint density at radius 1 is 0.703 bits per heavy atom. The molecule has 37 heavy (non-hydrogen) atoms. The van der Waals surface area contributed by atoms with Crippen LogP contribution in [0.4, 0.5) is 0 Å². The number of aromatic hydroxyl groups is 1. The zero-order valence-electron chi connectivity index (χ0n) is 19.3. The molecule has 6 heteroatoms. The van der Waals surface area contributed by atoms with Crippen LogP contribution in [0.15, 0.2) is 112 Å². The van der Waals surface area contributed by atoms with Gasteiger partial charge in [0.25, 0.3) is 0 Å². The van der Waals surface area contributed by atoms with Gasteiger partial charge in [0.2, 0.25) is 5.78 Å². The molecule has 0 spiro atoms. The van der Waals surface area contributed by atoms with Crippen molar-refractivity contribution >= 4 is 50.3 Å². The number of ketones is 1. The largest absolute Gasteiger partial charge is 0.506 e. The molecule has 0 amide bonds. The standard InChI is InChI=1S/C31H18O6/c32-26-22-16-14-18-8-4-6-10-20(18)28(22)36-30(34)24(26)12-2-1-3-13-25-27(33)23-17-15-19-9-5-7-11-21(19)29(23)37-31(25)35/h1-17,32H/b3-1?,12-2?,25-13-. The lowest BCUT2D eigenvalue weighted by Crippen LogP contribution is -2.25. The van der Waals surface area contributed by atoms with Crippen LogP contribution in [0, 0.1) is 0 Å². The smallest absolute Gasteiger partial charge is 0.347 e. The molecule has 178 valence electrons. The van der Waals surface area contributed by atoms with Gasteiger partial charge in [-0.2, -0.15) is 0 Å². The Balaban J connectivity index is 1.29. The second kappa shape index (κ2) is 8.77. The fraction of sp³-hybridized carbons (Fsp3) is 0. The van der Waals surface area contributed by atoms with Crippen LogP contribution < -0.4 is 10.4 Å². The summed E-state index contributed by atoms with van der Waals surface area (Å²) in [4.78, 5) is 38.1. The lowest BCUT2D eigenvalue weighted by molar-refractivity contribution is -0.130. The molecule has 0 aliphatic carbocycles. The predicted molar refractivity (Wildman–Crippen MR) is 142 cm³/mol. The molecule has 0 atom stereocenters. The quantitative estimate of drug-likeness (QED) is 0.0630. The Morgan fingerprint density at radius 2 is 1.41 bits per heavy atom. The van der Waals surface area contributed by atoms with Gasteiger partial charge in [0.1, 0.15) is 28.2 Å². The highest BCUT2D eigenvalue weighted by Crippen LogP contribution is 2.35. The summed E-state index contributed by atoms with van der Waals surface area (Å²) in [7, 11) is 0. The van der Waals surface area contributed by atoms with Gasteiger partial charge >= 0.3 is 11.6 Å². The molecule has 1 N–H and O–H groups in total. The van der Waals surface area contributed by atoms with Gasteiger partial charge in [-0.05, 0) is 35.1 Å². The summed E-state index contributed by atoms with van der Waals surface area (Å²) >= 11 is 0. The minimum atomic E-state index is -0.734. The molecule has 4 aromatic carbocycles. The molecular formula is C31H18O6.